The molecule has 1 saturated heterocycles. The first-order valence-corrected chi connectivity index (χ1v) is 3.82. The highest BCUT2D eigenvalue weighted by molar-refractivity contribution is 5.72. The number of rotatable bonds is 2. The molecule has 1 rings (SSSR count). The van der Waals surface area contributed by atoms with E-state index in [0.29, 0.717) is 13.0 Å². The lowest BCUT2D eigenvalue weighted by atomic mass is 10.0. The van der Waals surface area contributed by atoms with Gasteiger partial charge in [-0.25, -0.2) is 4.79 Å². The van der Waals surface area contributed by atoms with Crippen molar-refractivity contribution < 1.29 is 14.6 Å². The van der Waals surface area contributed by atoms with Crippen LogP contribution in [0.3, 0.4) is 0 Å². The van der Waals surface area contributed by atoms with Crippen molar-refractivity contribution in [1.82, 2.24) is 0 Å². The smallest absolute Gasteiger partial charge is 0.332 e. The van der Waals surface area contributed by atoms with Crippen molar-refractivity contribution >= 4 is 5.97 Å². The van der Waals surface area contributed by atoms with Gasteiger partial charge in [0, 0.05) is 6.54 Å². The summed E-state index contributed by atoms with van der Waals surface area (Å²) in [7, 11) is 0. The summed E-state index contributed by atoms with van der Waals surface area (Å²) in [6.45, 7) is 0.420. The van der Waals surface area contributed by atoms with Crippen LogP contribution in [0.4, 0.5) is 0 Å². The Morgan fingerprint density at radius 2 is 2.36 bits per heavy atom. The molecule has 0 saturated carbocycles. The summed E-state index contributed by atoms with van der Waals surface area (Å²) >= 11 is 0. The first-order chi connectivity index (χ1) is 5.24. The summed E-state index contributed by atoms with van der Waals surface area (Å²) in [4.78, 5) is 10.5. The Morgan fingerprint density at radius 3 is 2.91 bits per heavy atom. The largest absolute Gasteiger partial charge is 0.479 e. The quantitative estimate of drug-likeness (QED) is 0.593. The van der Waals surface area contributed by atoms with Crippen LogP contribution in [0.5, 0.6) is 0 Å². The normalized spacial score (nSPS) is 31.7. The van der Waals surface area contributed by atoms with Crippen molar-refractivity contribution in [3.8, 4) is 0 Å². The van der Waals surface area contributed by atoms with Crippen LogP contribution in [0.25, 0.3) is 0 Å². The summed E-state index contributed by atoms with van der Waals surface area (Å²) in [5.74, 6) is -0.872. The Labute approximate surface area is 65.3 Å². The molecule has 0 bridgehead atoms. The molecular formula is C7H13NO3. The molecule has 3 N–H and O–H groups in total. The maximum Gasteiger partial charge on any atom is 0.332 e. The lowest BCUT2D eigenvalue weighted by Crippen LogP contribution is -2.37. The molecule has 11 heavy (non-hydrogen) atoms. The van der Waals surface area contributed by atoms with Crippen LogP contribution in [-0.4, -0.2) is 29.8 Å². The number of aliphatic carboxylic acids is 1. The van der Waals surface area contributed by atoms with E-state index in [1.54, 1.807) is 0 Å². The van der Waals surface area contributed by atoms with E-state index in [9.17, 15) is 4.79 Å². The van der Waals surface area contributed by atoms with Gasteiger partial charge < -0.3 is 15.6 Å². The number of carboxylic acids is 1. The van der Waals surface area contributed by atoms with Crippen molar-refractivity contribution in [3.05, 3.63) is 0 Å². The van der Waals surface area contributed by atoms with Gasteiger partial charge in [0.15, 0.2) is 6.10 Å². The van der Waals surface area contributed by atoms with Gasteiger partial charge in [0.05, 0.1) is 6.10 Å². The van der Waals surface area contributed by atoms with Gasteiger partial charge in [0.25, 0.3) is 0 Å². The average molecular weight is 159 g/mol. The first kappa shape index (κ1) is 8.49. The molecule has 1 fully saturated rings. The minimum Gasteiger partial charge on any atom is -0.479 e. The van der Waals surface area contributed by atoms with Gasteiger partial charge in [-0.3, -0.25) is 0 Å². The zero-order valence-electron chi connectivity index (χ0n) is 6.32. The van der Waals surface area contributed by atoms with Crippen molar-refractivity contribution in [2.24, 2.45) is 5.73 Å². The third kappa shape index (κ3) is 2.17. The molecule has 1 aliphatic rings. The maximum atomic E-state index is 10.5. The van der Waals surface area contributed by atoms with Gasteiger partial charge in [-0.15, -0.1) is 0 Å². The monoisotopic (exact) mass is 159 g/mol. The van der Waals surface area contributed by atoms with Crippen molar-refractivity contribution in [2.75, 3.05) is 6.54 Å². The molecule has 0 aliphatic carbocycles. The molecule has 0 radical (unpaired) electrons. The summed E-state index contributed by atoms with van der Waals surface area (Å²) in [6, 6.07) is 0. The summed E-state index contributed by atoms with van der Waals surface area (Å²) in [6.07, 6.45) is 1.73. The predicted molar refractivity (Wildman–Crippen MR) is 39.2 cm³/mol. The zero-order valence-corrected chi connectivity index (χ0v) is 6.32. The molecule has 4 nitrogen and oxygen atoms in total. The molecule has 0 unspecified atom stereocenters. The van der Waals surface area contributed by atoms with E-state index >= 15 is 0 Å². The second-order valence-corrected chi connectivity index (χ2v) is 2.75. The predicted octanol–water partition coefficient (Wildman–Crippen LogP) is -0.0326. The molecule has 0 amide bonds. The fourth-order valence-corrected chi connectivity index (χ4v) is 1.25. The van der Waals surface area contributed by atoms with E-state index in [0.717, 1.165) is 12.8 Å². The Morgan fingerprint density at radius 1 is 1.64 bits per heavy atom. The second-order valence-electron chi connectivity index (χ2n) is 2.75. The Balaban J connectivity index is 2.39. The summed E-state index contributed by atoms with van der Waals surface area (Å²) in [5.41, 5.74) is 5.35. The standard InChI is InChI=1S/C7H13NO3/c8-4-5-2-1-3-6(11-5)7(9)10/h5-6H,1-4,8H2,(H,9,10)/t5-,6+/m1/s1. The lowest BCUT2D eigenvalue weighted by molar-refractivity contribution is -0.158. The highest BCUT2D eigenvalue weighted by atomic mass is 16.5. The number of hydrogen-bond donors (Lipinski definition) is 2. The fraction of sp³-hybridized carbons (Fsp3) is 0.857. The van der Waals surface area contributed by atoms with Crippen molar-refractivity contribution in [1.29, 1.82) is 0 Å². The summed E-state index contributed by atoms with van der Waals surface area (Å²) < 4.78 is 5.17. The molecule has 1 aliphatic heterocycles. The SMILES string of the molecule is NC[C@H]1CCC[C@@H](C(=O)O)O1. The first-order valence-electron chi connectivity index (χ1n) is 3.82. The van der Waals surface area contributed by atoms with Crippen LogP contribution in [0, 0.1) is 0 Å². The van der Waals surface area contributed by atoms with Crippen LogP contribution in [-0.2, 0) is 9.53 Å². The molecule has 0 aromatic heterocycles. The second kappa shape index (κ2) is 3.69. The number of nitrogens with two attached hydrogens (primary N) is 1. The molecule has 0 spiro atoms. The molecular weight excluding hydrogens is 146 g/mol. The number of hydrogen-bond acceptors (Lipinski definition) is 3. The Kier molecular flexibility index (Phi) is 2.84. The fourth-order valence-electron chi connectivity index (χ4n) is 1.25. The molecule has 4 heteroatoms. The third-order valence-corrected chi connectivity index (χ3v) is 1.89. The van der Waals surface area contributed by atoms with Crippen molar-refractivity contribution in [3.63, 3.8) is 0 Å². The van der Waals surface area contributed by atoms with Crippen LogP contribution in [0.2, 0.25) is 0 Å². The van der Waals surface area contributed by atoms with Crippen LogP contribution in [0.15, 0.2) is 0 Å². The Bertz CT molecular complexity index is 149. The van der Waals surface area contributed by atoms with Gasteiger partial charge in [-0.2, -0.15) is 0 Å². The highest BCUT2D eigenvalue weighted by Gasteiger charge is 2.26. The van der Waals surface area contributed by atoms with Gasteiger partial charge in [-0.05, 0) is 19.3 Å². The van der Waals surface area contributed by atoms with Crippen LogP contribution >= 0.6 is 0 Å². The van der Waals surface area contributed by atoms with Crippen LogP contribution < -0.4 is 5.73 Å². The lowest BCUT2D eigenvalue weighted by Gasteiger charge is -2.26. The summed E-state index contributed by atoms with van der Waals surface area (Å²) in [5, 5.41) is 8.59. The number of ether oxygens (including phenoxy) is 1. The maximum absolute atomic E-state index is 10.5. The molecule has 1 heterocycles. The van der Waals surface area contributed by atoms with E-state index in [2.05, 4.69) is 0 Å². The Hall–Kier alpha value is -0.610. The molecule has 2 atom stereocenters. The molecule has 64 valence electrons. The van der Waals surface area contributed by atoms with Gasteiger partial charge in [0.1, 0.15) is 0 Å². The van der Waals surface area contributed by atoms with Gasteiger partial charge >= 0.3 is 5.97 Å². The topological polar surface area (TPSA) is 72.6 Å². The van der Waals surface area contributed by atoms with Gasteiger partial charge in [0.2, 0.25) is 0 Å². The van der Waals surface area contributed by atoms with E-state index in [1.165, 1.54) is 0 Å². The van der Waals surface area contributed by atoms with E-state index in [-0.39, 0.29) is 6.10 Å². The van der Waals surface area contributed by atoms with E-state index in [4.69, 9.17) is 15.6 Å². The zero-order chi connectivity index (χ0) is 8.27. The number of carbonyl (C=O) groups is 1. The molecule has 0 aromatic rings. The minimum absolute atomic E-state index is 0.0511. The number of carboxylic acid groups (broad SMARTS) is 1. The molecule has 0 aromatic carbocycles. The van der Waals surface area contributed by atoms with E-state index in [1.807, 2.05) is 0 Å². The average Bonchev–Trinajstić information content (AvgIpc) is 2.05. The van der Waals surface area contributed by atoms with E-state index < -0.39 is 12.1 Å². The van der Waals surface area contributed by atoms with Crippen molar-refractivity contribution in [2.45, 2.75) is 31.5 Å². The highest BCUT2D eigenvalue weighted by Crippen LogP contribution is 2.17. The minimum atomic E-state index is -0.872. The van der Waals surface area contributed by atoms with Crippen LogP contribution in [0.1, 0.15) is 19.3 Å². The third-order valence-electron chi connectivity index (χ3n) is 1.89. The van der Waals surface area contributed by atoms with Gasteiger partial charge in [-0.1, -0.05) is 0 Å².